The van der Waals surface area contributed by atoms with Crippen molar-refractivity contribution in [1.82, 2.24) is 0 Å². The first-order chi connectivity index (χ1) is 7.22. The van der Waals surface area contributed by atoms with Gasteiger partial charge in [-0.3, -0.25) is 4.79 Å². The Labute approximate surface area is 89.4 Å². The van der Waals surface area contributed by atoms with Gasteiger partial charge in [0.2, 0.25) is 5.91 Å². The first-order valence-corrected chi connectivity index (χ1v) is 4.59. The van der Waals surface area contributed by atoms with Gasteiger partial charge in [-0.2, -0.15) is 0 Å². The summed E-state index contributed by atoms with van der Waals surface area (Å²) in [6.07, 6.45) is 6.55. The van der Waals surface area contributed by atoms with E-state index in [2.05, 4.69) is 6.58 Å². The molecule has 1 rings (SSSR count). The second kappa shape index (κ2) is 5.60. The molecule has 2 heteroatoms. The maximum atomic E-state index is 10.5. The fourth-order valence-electron chi connectivity index (χ4n) is 1.10. The predicted molar refractivity (Wildman–Crippen MR) is 63.0 cm³/mol. The number of primary amides is 1. The Balaban J connectivity index is 2.88. The number of amides is 1. The Hall–Kier alpha value is -2.09. The fourth-order valence-corrected chi connectivity index (χ4v) is 1.10. The van der Waals surface area contributed by atoms with E-state index >= 15 is 0 Å². The lowest BCUT2D eigenvalue weighted by atomic mass is 10.1. The zero-order valence-corrected chi connectivity index (χ0v) is 8.39. The molecule has 0 saturated heterocycles. The van der Waals surface area contributed by atoms with Crippen molar-refractivity contribution < 1.29 is 4.79 Å². The summed E-state index contributed by atoms with van der Waals surface area (Å²) in [5.41, 5.74) is 6.91. The number of rotatable bonds is 4. The van der Waals surface area contributed by atoms with E-state index in [0.29, 0.717) is 0 Å². The molecule has 76 valence electrons. The van der Waals surface area contributed by atoms with E-state index in [1.165, 1.54) is 6.08 Å². The molecule has 0 aliphatic rings. The minimum atomic E-state index is -0.462. The topological polar surface area (TPSA) is 43.1 Å². The van der Waals surface area contributed by atoms with Gasteiger partial charge in [-0.25, -0.2) is 0 Å². The molecule has 2 nitrogen and oxygen atoms in total. The molecule has 0 spiro atoms. The molecule has 0 unspecified atom stereocenters. The maximum absolute atomic E-state index is 10.5. The summed E-state index contributed by atoms with van der Waals surface area (Å²) in [4.78, 5) is 10.5. The van der Waals surface area contributed by atoms with E-state index in [1.54, 1.807) is 12.2 Å². The van der Waals surface area contributed by atoms with Crippen molar-refractivity contribution in [2.75, 3.05) is 0 Å². The van der Waals surface area contributed by atoms with Gasteiger partial charge in [0, 0.05) is 6.08 Å². The highest BCUT2D eigenvalue weighted by Gasteiger charge is 1.89. The lowest BCUT2D eigenvalue weighted by Crippen LogP contribution is -2.05. The first-order valence-electron chi connectivity index (χ1n) is 4.59. The molecule has 1 aromatic carbocycles. The number of nitrogens with two attached hydrogens (primary N) is 1. The zero-order valence-electron chi connectivity index (χ0n) is 8.39. The van der Waals surface area contributed by atoms with Crippen LogP contribution in [0.5, 0.6) is 0 Å². The Morgan fingerprint density at radius 2 is 1.87 bits per heavy atom. The summed E-state index contributed by atoms with van der Waals surface area (Å²) in [6.45, 7) is 3.66. The van der Waals surface area contributed by atoms with Crippen LogP contribution in [0.25, 0.3) is 6.08 Å². The first kappa shape index (κ1) is 11.0. The molecular weight excluding hydrogens is 186 g/mol. The SMILES string of the molecule is C=CC(C=CC(N)=O)=Cc1ccccc1. The van der Waals surface area contributed by atoms with Crippen LogP contribution in [-0.4, -0.2) is 5.91 Å². The minimum absolute atomic E-state index is 0.462. The Morgan fingerprint density at radius 1 is 1.20 bits per heavy atom. The maximum Gasteiger partial charge on any atom is 0.241 e. The molecule has 15 heavy (non-hydrogen) atoms. The van der Waals surface area contributed by atoms with Gasteiger partial charge >= 0.3 is 0 Å². The Kier molecular flexibility index (Phi) is 4.10. The van der Waals surface area contributed by atoms with Crippen LogP contribution in [0.1, 0.15) is 5.56 Å². The van der Waals surface area contributed by atoms with E-state index < -0.39 is 5.91 Å². The summed E-state index contributed by atoms with van der Waals surface area (Å²) in [5.74, 6) is -0.462. The van der Waals surface area contributed by atoms with Gasteiger partial charge in [0.25, 0.3) is 0 Å². The van der Waals surface area contributed by atoms with Crippen molar-refractivity contribution in [3.05, 3.63) is 66.3 Å². The molecule has 0 fully saturated rings. The third-order valence-corrected chi connectivity index (χ3v) is 1.81. The normalized spacial score (nSPS) is 11.6. The van der Waals surface area contributed by atoms with Gasteiger partial charge in [0.15, 0.2) is 0 Å². The molecule has 0 heterocycles. The summed E-state index contributed by atoms with van der Waals surface area (Å²) in [6, 6.07) is 9.79. The van der Waals surface area contributed by atoms with Gasteiger partial charge in [-0.1, -0.05) is 43.0 Å². The number of hydrogen-bond donors (Lipinski definition) is 1. The van der Waals surface area contributed by atoms with Gasteiger partial charge in [-0.05, 0) is 23.3 Å². The molecule has 1 amide bonds. The van der Waals surface area contributed by atoms with Crippen LogP contribution in [0.2, 0.25) is 0 Å². The van der Waals surface area contributed by atoms with Crippen LogP contribution < -0.4 is 5.73 Å². The molecule has 2 N–H and O–H groups in total. The van der Waals surface area contributed by atoms with Crippen molar-refractivity contribution in [3.8, 4) is 0 Å². The highest BCUT2D eigenvalue weighted by molar-refractivity contribution is 5.86. The third kappa shape index (κ3) is 4.09. The van der Waals surface area contributed by atoms with Gasteiger partial charge in [-0.15, -0.1) is 0 Å². The Bertz CT molecular complexity index is 402. The molecule has 0 atom stereocenters. The summed E-state index contributed by atoms with van der Waals surface area (Å²) < 4.78 is 0. The largest absolute Gasteiger partial charge is 0.366 e. The standard InChI is InChI=1S/C13H13NO/c1-2-11(8-9-13(14)15)10-12-6-4-3-5-7-12/h2-10H,1H2,(H2,14,15). The number of carbonyl (C=O) groups is 1. The van der Waals surface area contributed by atoms with E-state index in [9.17, 15) is 4.79 Å². The summed E-state index contributed by atoms with van der Waals surface area (Å²) in [7, 11) is 0. The van der Waals surface area contributed by atoms with Crippen LogP contribution in [-0.2, 0) is 4.79 Å². The van der Waals surface area contributed by atoms with Crippen molar-refractivity contribution in [3.63, 3.8) is 0 Å². The Morgan fingerprint density at radius 3 is 2.40 bits per heavy atom. The molecule has 1 aromatic rings. The van der Waals surface area contributed by atoms with Crippen LogP contribution in [0.15, 0.2) is 60.7 Å². The van der Waals surface area contributed by atoms with Crippen molar-refractivity contribution >= 4 is 12.0 Å². The quantitative estimate of drug-likeness (QED) is 0.586. The van der Waals surface area contributed by atoms with E-state index in [0.717, 1.165) is 11.1 Å². The van der Waals surface area contributed by atoms with Crippen molar-refractivity contribution in [2.24, 2.45) is 5.73 Å². The second-order valence-corrected chi connectivity index (χ2v) is 2.99. The number of allylic oxidation sites excluding steroid dienone is 3. The minimum Gasteiger partial charge on any atom is -0.366 e. The number of benzene rings is 1. The molecule has 0 saturated carbocycles. The van der Waals surface area contributed by atoms with E-state index in [-0.39, 0.29) is 0 Å². The average molecular weight is 199 g/mol. The highest BCUT2D eigenvalue weighted by atomic mass is 16.1. The molecule has 0 aliphatic heterocycles. The van der Waals surface area contributed by atoms with Crippen LogP contribution >= 0.6 is 0 Å². The van der Waals surface area contributed by atoms with Crippen LogP contribution in [0.3, 0.4) is 0 Å². The molecule has 0 bridgehead atoms. The second-order valence-electron chi connectivity index (χ2n) is 2.99. The fraction of sp³-hybridized carbons (Fsp3) is 0. The smallest absolute Gasteiger partial charge is 0.241 e. The van der Waals surface area contributed by atoms with Gasteiger partial charge < -0.3 is 5.73 Å². The third-order valence-electron chi connectivity index (χ3n) is 1.81. The zero-order chi connectivity index (χ0) is 11.1. The molecule has 0 aromatic heterocycles. The molecule has 0 aliphatic carbocycles. The monoisotopic (exact) mass is 199 g/mol. The number of carbonyl (C=O) groups excluding carboxylic acids is 1. The van der Waals surface area contributed by atoms with E-state index in [4.69, 9.17) is 5.73 Å². The average Bonchev–Trinajstić information content (AvgIpc) is 2.25. The van der Waals surface area contributed by atoms with Gasteiger partial charge in [0.1, 0.15) is 0 Å². The van der Waals surface area contributed by atoms with Crippen LogP contribution in [0, 0.1) is 0 Å². The van der Waals surface area contributed by atoms with Gasteiger partial charge in [0.05, 0.1) is 0 Å². The number of hydrogen-bond acceptors (Lipinski definition) is 1. The summed E-state index contributed by atoms with van der Waals surface area (Å²) >= 11 is 0. The lowest BCUT2D eigenvalue weighted by Gasteiger charge is -1.95. The molecule has 0 radical (unpaired) electrons. The summed E-state index contributed by atoms with van der Waals surface area (Å²) in [5, 5.41) is 0. The predicted octanol–water partition coefficient (Wildman–Crippen LogP) is 2.30. The lowest BCUT2D eigenvalue weighted by molar-refractivity contribution is -0.113. The molecular formula is C13H13NO. The van der Waals surface area contributed by atoms with Crippen molar-refractivity contribution in [2.45, 2.75) is 0 Å². The van der Waals surface area contributed by atoms with Crippen molar-refractivity contribution in [1.29, 1.82) is 0 Å². The van der Waals surface area contributed by atoms with E-state index in [1.807, 2.05) is 36.4 Å². The highest BCUT2D eigenvalue weighted by Crippen LogP contribution is 2.08. The van der Waals surface area contributed by atoms with Crippen LogP contribution in [0.4, 0.5) is 0 Å².